The fourth-order valence-electron chi connectivity index (χ4n) is 3.61. The van der Waals surface area contributed by atoms with Crippen LogP contribution in [0.1, 0.15) is 38.8 Å². The molecule has 3 aromatic rings. The number of hydrogen-bond donors (Lipinski definition) is 1. The summed E-state index contributed by atoms with van der Waals surface area (Å²) < 4.78 is 0. The number of para-hydroxylation sites is 2. The maximum absolute atomic E-state index is 12.9. The van der Waals surface area contributed by atoms with E-state index in [1.54, 1.807) is 24.3 Å². The minimum Gasteiger partial charge on any atom is -0.322 e. The Bertz CT molecular complexity index is 1020. The number of fused-ring (bicyclic) bond motifs is 1. The second kappa shape index (κ2) is 7.69. The van der Waals surface area contributed by atoms with Crippen LogP contribution >= 0.6 is 0 Å². The van der Waals surface area contributed by atoms with Gasteiger partial charge < -0.3 is 10.2 Å². The summed E-state index contributed by atoms with van der Waals surface area (Å²) in [4.78, 5) is 27.3. The molecule has 1 aliphatic heterocycles. The molecule has 4 heteroatoms. The Kier molecular flexibility index (Phi) is 4.94. The Morgan fingerprint density at radius 1 is 0.893 bits per heavy atom. The third-order valence-electron chi connectivity index (χ3n) is 5.17. The number of rotatable bonds is 4. The molecule has 0 atom stereocenters. The van der Waals surface area contributed by atoms with E-state index in [1.165, 1.54) is 5.56 Å². The van der Waals surface area contributed by atoms with Crippen LogP contribution in [-0.4, -0.2) is 18.4 Å². The van der Waals surface area contributed by atoms with E-state index >= 15 is 0 Å². The Morgan fingerprint density at radius 2 is 1.57 bits per heavy atom. The van der Waals surface area contributed by atoms with Gasteiger partial charge in [-0.25, -0.2) is 0 Å². The van der Waals surface area contributed by atoms with Gasteiger partial charge in [-0.15, -0.1) is 0 Å². The molecular formula is C24H22N2O2. The zero-order chi connectivity index (χ0) is 19.5. The van der Waals surface area contributed by atoms with Gasteiger partial charge in [-0.05, 0) is 60.4 Å². The molecule has 0 aliphatic carbocycles. The van der Waals surface area contributed by atoms with Crippen molar-refractivity contribution < 1.29 is 9.59 Å². The molecule has 1 heterocycles. The lowest BCUT2D eigenvalue weighted by Gasteiger charge is -2.17. The minimum absolute atomic E-state index is 0.0340. The summed E-state index contributed by atoms with van der Waals surface area (Å²) in [6.45, 7) is 2.75. The fraction of sp³-hybridized carbons (Fsp3) is 0.167. The van der Waals surface area contributed by atoms with Crippen molar-refractivity contribution in [2.75, 3.05) is 16.8 Å². The summed E-state index contributed by atoms with van der Waals surface area (Å²) in [5, 5.41) is 2.96. The van der Waals surface area contributed by atoms with Gasteiger partial charge in [0.25, 0.3) is 11.8 Å². The van der Waals surface area contributed by atoms with Crippen molar-refractivity contribution >= 4 is 23.2 Å². The highest BCUT2D eigenvalue weighted by molar-refractivity contribution is 6.09. The van der Waals surface area contributed by atoms with Crippen molar-refractivity contribution in [2.45, 2.75) is 19.8 Å². The van der Waals surface area contributed by atoms with Crippen LogP contribution in [0.15, 0.2) is 72.8 Å². The monoisotopic (exact) mass is 370 g/mol. The van der Waals surface area contributed by atoms with Gasteiger partial charge in [0.1, 0.15) is 0 Å². The molecule has 0 spiro atoms. The number of nitrogens with zero attached hydrogens (tertiary/aromatic N) is 1. The van der Waals surface area contributed by atoms with E-state index in [0.717, 1.165) is 29.8 Å². The molecular weight excluding hydrogens is 348 g/mol. The predicted molar refractivity (Wildman–Crippen MR) is 112 cm³/mol. The van der Waals surface area contributed by atoms with Gasteiger partial charge >= 0.3 is 0 Å². The molecule has 2 amide bonds. The molecule has 1 N–H and O–H groups in total. The van der Waals surface area contributed by atoms with Gasteiger partial charge in [0, 0.05) is 29.0 Å². The Labute approximate surface area is 164 Å². The van der Waals surface area contributed by atoms with Crippen LogP contribution in [0.2, 0.25) is 0 Å². The number of hydrogen-bond acceptors (Lipinski definition) is 2. The largest absolute Gasteiger partial charge is 0.322 e. The average Bonchev–Trinajstić information content (AvgIpc) is 3.18. The van der Waals surface area contributed by atoms with Crippen LogP contribution in [0.5, 0.6) is 0 Å². The first kappa shape index (κ1) is 18.0. The topological polar surface area (TPSA) is 49.4 Å². The lowest BCUT2D eigenvalue weighted by Crippen LogP contribution is -2.28. The Balaban J connectivity index is 1.50. The van der Waals surface area contributed by atoms with Gasteiger partial charge in [0.15, 0.2) is 0 Å². The van der Waals surface area contributed by atoms with Gasteiger partial charge in [0.2, 0.25) is 0 Å². The summed E-state index contributed by atoms with van der Waals surface area (Å²) in [6, 6.07) is 22.6. The number of aryl methyl sites for hydroxylation is 1. The number of anilines is 2. The van der Waals surface area contributed by atoms with E-state index in [9.17, 15) is 9.59 Å². The molecule has 140 valence electrons. The molecule has 28 heavy (non-hydrogen) atoms. The third-order valence-corrected chi connectivity index (χ3v) is 5.17. The van der Waals surface area contributed by atoms with Crippen molar-refractivity contribution in [1.29, 1.82) is 0 Å². The molecule has 1 aliphatic rings. The van der Waals surface area contributed by atoms with Crippen LogP contribution in [0.25, 0.3) is 0 Å². The van der Waals surface area contributed by atoms with Crippen LogP contribution in [0.4, 0.5) is 11.4 Å². The van der Waals surface area contributed by atoms with Crippen molar-refractivity contribution in [3.63, 3.8) is 0 Å². The standard InChI is InChI=1S/C24H22N2O2/c1-2-17-7-3-5-9-21(17)25-23(27)19-11-13-20(14-12-19)24(28)26-16-15-18-8-4-6-10-22(18)26/h3-14H,2,15-16H2,1H3,(H,25,27). The average molecular weight is 370 g/mol. The van der Waals surface area contributed by atoms with Crippen LogP contribution in [0, 0.1) is 0 Å². The van der Waals surface area contributed by atoms with Crippen LogP contribution in [-0.2, 0) is 12.8 Å². The van der Waals surface area contributed by atoms with Crippen molar-refractivity contribution in [3.8, 4) is 0 Å². The first-order valence-electron chi connectivity index (χ1n) is 9.56. The Morgan fingerprint density at radius 3 is 2.36 bits per heavy atom. The predicted octanol–water partition coefficient (Wildman–Crippen LogP) is 4.70. The van der Waals surface area contributed by atoms with E-state index in [-0.39, 0.29) is 11.8 Å². The van der Waals surface area contributed by atoms with E-state index in [1.807, 2.05) is 47.4 Å². The quantitative estimate of drug-likeness (QED) is 0.723. The molecule has 0 bridgehead atoms. The Hall–Kier alpha value is -3.40. The highest BCUT2D eigenvalue weighted by atomic mass is 16.2. The highest BCUT2D eigenvalue weighted by Crippen LogP contribution is 2.29. The lowest BCUT2D eigenvalue weighted by atomic mass is 10.1. The maximum Gasteiger partial charge on any atom is 0.258 e. The first-order valence-corrected chi connectivity index (χ1v) is 9.56. The number of carbonyl (C=O) groups is 2. The SMILES string of the molecule is CCc1ccccc1NC(=O)c1ccc(C(=O)N2CCc3ccccc32)cc1. The van der Waals surface area contributed by atoms with Crippen LogP contribution < -0.4 is 10.2 Å². The molecule has 0 fully saturated rings. The minimum atomic E-state index is -0.175. The second-order valence-electron chi connectivity index (χ2n) is 6.88. The highest BCUT2D eigenvalue weighted by Gasteiger charge is 2.25. The summed E-state index contributed by atoms with van der Waals surface area (Å²) in [5.41, 5.74) is 5.21. The number of amides is 2. The molecule has 3 aromatic carbocycles. The van der Waals surface area contributed by atoms with Crippen LogP contribution in [0.3, 0.4) is 0 Å². The van der Waals surface area contributed by atoms with Crippen molar-refractivity contribution in [3.05, 3.63) is 95.1 Å². The van der Waals surface area contributed by atoms with E-state index in [0.29, 0.717) is 17.7 Å². The van der Waals surface area contributed by atoms with Gasteiger partial charge in [-0.3, -0.25) is 9.59 Å². The summed E-state index contributed by atoms with van der Waals surface area (Å²) >= 11 is 0. The number of nitrogens with one attached hydrogen (secondary N) is 1. The van der Waals surface area contributed by atoms with E-state index in [4.69, 9.17) is 0 Å². The van der Waals surface area contributed by atoms with E-state index in [2.05, 4.69) is 18.3 Å². The number of carbonyl (C=O) groups excluding carboxylic acids is 2. The number of benzene rings is 3. The van der Waals surface area contributed by atoms with Gasteiger partial charge in [-0.2, -0.15) is 0 Å². The van der Waals surface area contributed by atoms with Gasteiger partial charge in [0.05, 0.1) is 0 Å². The van der Waals surface area contributed by atoms with Crippen molar-refractivity contribution in [1.82, 2.24) is 0 Å². The molecule has 0 saturated carbocycles. The molecule has 0 radical (unpaired) electrons. The lowest BCUT2D eigenvalue weighted by molar-refractivity contribution is 0.0986. The zero-order valence-corrected chi connectivity index (χ0v) is 15.8. The molecule has 4 rings (SSSR count). The molecule has 0 aromatic heterocycles. The molecule has 0 saturated heterocycles. The first-order chi connectivity index (χ1) is 13.7. The van der Waals surface area contributed by atoms with Crippen molar-refractivity contribution in [2.24, 2.45) is 0 Å². The normalized spacial score (nSPS) is 12.5. The molecule has 4 nitrogen and oxygen atoms in total. The second-order valence-corrected chi connectivity index (χ2v) is 6.88. The maximum atomic E-state index is 12.9. The van der Waals surface area contributed by atoms with Gasteiger partial charge in [-0.1, -0.05) is 43.3 Å². The summed E-state index contributed by atoms with van der Waals surface area (Å²) in [7, 11) is 0. The molecule has 0 unspecified atom stereocenters. The fourth-order valence-corrected chi connectivity index (χ4v) is 3.61. The van der Waals surface area contributed by atoms with E-state index < -0.39 is 0 Å². The zero-order valence-electron chi connectivity index (χ0n) is 15.8. The summed E-state index contributed by atoms with van der Waals surface area (Å²) in [6.07, 6.45) is 1.72. The smallest absolute Gasteiger partial charge is 0.258 e. The summed E-state index contributed by atoms with van der Waals surface area (Å²) in [5.74, 6) is -0.209. The third kappa shape index (κ3) is 3.41.